The predicted molar refractivity (Wildman–Crippen MR) is 162 cm³/mol. The van der Waals surface area contributed by atoms with Gasteiger partial charge in [0.1, 0.15) is 33.6 Å². The number of halogens is 1. The number of esters is 1. The molecule has 43 heavy (non-hydrogen) atoms. The van der Waals surface area contributed by atoms with Crippen LogP contribution in [0.2, 0.25) is 0 Å². The third kappa shape index (κ3) is 4.81. The first kappa shape index (κ1) is 28.4. The van der Waals surface area contributed by atoms with Crippen LogP contribution >= 0.6 is 11.3 Å². The molecule has 1 aliphatic rings. The predicted octanol–water partition coefficient (Wildman–Crippen LogP) is 5.11. The molecule has 12 heteroatoms. The first-order chi connectivity index (χ1) is 20.5. The van der Waals surface area contributed by atoms with Crippen molar-refractivity contribution in [3.05, 3.63) is 81.6 Å². The SMILES string of the molecule is CCOC(=O)C(C)(C)Cc1csc([C@]2(C)C(=O)Nc3nc(-c4nn(Cc5ccccc5F)c5ccccc45)nc(N)c32)n1. The van der Waals surface area contributed by atoms with E-state index in [1.54, 1.807) is 50.6 Å². The van der Waals surface area contributed by atoms with E-state index >= 15 is 0 Å². The first-order valence-electron chi connectivity index (χ1n) is 13.8. The number of benzene rings is 2. The number of carbonyl (C=O) groups excluding carboxylic acids is 2. The van der Waals surface area contributed by atoms with Crippen molar-refractivity contribution in [3.63, 3.8) is 0 Å². The van der Waals surface area contributed by atoms with E-state index in [0.29, 0.717) is 40.6 Å². The lowest BCUT2D eigenvalue weighted by molar-refractivity contribution is -0.153. The Morgan fingerprint density at radius 1 is 1.14 bits per heavy atom. The molecule has 4 heterocycles. The van der Waals surface area contributed by atoms with Crippen LogP contribution in [0.1, 0.15) is 49.5 Å². The van der Waals surface area contributed by atoms with Crippen molar-refractivity contribution in [2.75, 3.05) is 17.7 Å². The summed E-state index contributed by atoms with van der Waals surface area (Å²) >= 11 is 1.31. The molecule has 0 fully saturated rings. The summed E-state index contributed by atoms with van der Waals surface area (Å²) in [6, 6.07) is 14.1. The largest absolute Gasteiger partial charge is 0.466 e. The molecule has 1 aliphatic heterocycles. The number of anilines is 2. The van der Waals surface area contributed by atoms with Crippen LogP contribution in [-0.2, 0) is 32.7 Å². The van der Waals surface area contributed by atoms with Crippen molar-refractivity contribution in [3.8, 4) is 11.5 Å². The zero-order valence-electron chi connectivity index (χ0n) is 24.1. The Balaban J connectivity index is 1.37. The molecule has 0 aliphatic carbocycles. The van der Waals surface area contributed by atoms with Crippen molar-refractivity contribution in [2.45, 2.75) is 46.1 Å². The summed E-state index contributed by atoms with van der Waals surface area (Å²) in [4.78, 5) is 40.0. The van der Waals surface area contributed by atoms with Crippen molar-refractivity contribution >= 4 is 45.8 Å². The average molecular weight is 600 g/mol. The van der Waals surface area contributed by atoms with Gasteiger partial charge in [0, 0.05) is 22.8 Å². The molecule has 1 amide bonds. The Bertz CT molecular complexity index is 1900. The van der Waals surface area contributed by atoms with Crippen LogP contribution in [-0.4, -0.2) is 43.2 Å². The van der Waals surface area contributed by atoms with Crippen molar-refractivity contribution in [2.24, 2.45) is 5.41 Å². The van der Waals surface area contributed by atoms with Crippen LogP contribution in [0.3, 0.4) is 0 Å². The quantitative estimate of drug-likeness (QED) is 0.235. The summed E-state index contributed by atoms with van der Waals surface area (Å²) in [6.07, 6.45) is 0.348. The van der Waals surface area contributed by atoms with Gasteiger partial charge in [-0.15, -0.1) is 11.3 Å². The monoisotopic (exact) mass is 599 g/mol. The van der Waals surface area contributed by atoms with E-state index in [9.17, 15) is 14.0 Å². The highest BCUT2D eigenvalue weighted by Gasteiger charge is 2.50. The number of rotatable bonds is 8. The molecule has 3 aromatic heterocycles. The van der Waals surface area contributed by atoms with Crippen LogP contribution < -0.4 is 11.1 Å². The summed E-state index contributed by atoms with van der Waals surface area (Å²) in [5, 5.41) is 10.7. The van der Waals surface area contributed by atoms with E-state index in [1.807, 2.05) is 29.6 Å². The number of nitrogen functional groups attached to an aromatic ring is 1. The number of thiazole rings is 1. The lowest BCUT2D eigenvalue weighted by Crippen LogP contribution is -2.33. The summed E-state index contributed by atoms with van der Waals surface area (Å²) in [7, 11) is 0. The van der Waals surface area contributed by atoms with Crippen LogP contribution in [0.25, 0.3) is 22.4 Å². The maximum Gasteiger partial charge on any atom is 0.311 e. The van der Waals surface area contributed by atoms with E-state index in [0.717, 1.165) is 10.9 Å². The van der Waals surface area contributed by atoms with Crippen molar-refractivity contribution in [1.29, 1.82) is 0 Å². The van der Waals surface area contributed by atoms with E-state index in [-0.39, 0.29) is 41.7 Å². The molecule has 2 aromatic carbocycles. The van der Waals surface area contributed by atoms with Gasteiger partial charge >= 0.3 is 5.97 Å². The number of fused-ring (bicyclic) bond motifs is 2. The summed E-state index contributed by atoms with van der Waals surface area (Å²) < 4.78 is 21.4. The van der Waals surface area contributed by atoms with Gasteiger partial charge in [0.2, 0.25) is 5.91 Å². The number of aromatic nitrogens is 5. The van der Waals surface area contributed by atoms with Gasteiger partial charge in [-0.2, -0.15) is 5.10 Å². The average Bonchev–Trinajstić information content (AvgIpc) is 3.65. The third-order valence-corrected chi connectivity index (χ3v) is 8.81. The molecule has 1 atom stereocenters. The molecular weight excluding hydrogens is 569 g/mol. The minimum absolute atomic E-state index is 0.122. The fourth-order valence-corrected chi connectivity index (χ4v) is 6.37. The van der Waals surface area contributed by atoms with Gasteiger partial charge in [0.15, 0.2) is 5.82 Å². The molecule has 3 N–H and O–H groups in total. The Morgan fingerprint density at radius 2 is 1.88 bits per heavy atom. The minimum Gasteiger partial charge on any atom is -0.466 e. The van der Waals surface area contributed by atoms with E-state index in [1.165, 1.54) is 17.4 Å². The smallest absolute Gasteiger partial charge is 0.311 e. The summed E-state index contributed by atoms with van der Waals surface area (Å²) in [5.74, 6) is -0.322. The molecule has 220 valence electrons. The molecule has 0 unspecified atom stereocenters. The first-order valence-corrected chi connectivity index (χ1v) is 14.7. The van der Waals surface area contributed by atoms with Gasteiger partial charge in [0.05, 0.1) is 35.3 Å². The second kappa shape index (κ2) is 10.5. The highest BCUT2D eigenvalue weighted by molar-refractivity contribution is 7.10. The number of hydrogen-bond acceptors (Lipinski definition) is 9. The molecule has 0 bridgehead atoms. The number of amides is 1. The second-order valence-corrected chi connectivity index (χ2v) is 12.1. The van der Waals surface area contributed by atoms with E-state index in [2.05, 4.69) is 10.3 Å². The number of nitrogens with one attached hydrogen (secondary N) is 1. The molecule has 0 spiro atoms. The van der Waals surface area contributed by atoms with Gasteiger partial charge in [0.25, 0.3) is 0 Å². The van der Waals surface area contributed by atoms with Crippen molar-refractivity contribution < 1.29 is 18.7 Å². The van der Waals surface area contributed by atoms with Gasteiger partial charge in [-0.25, -0.2) is 19.3 Å². The van der Waals surface area contributed by atoms with Gasteiger partial charge in [-0.3, -0.25) is 14.3 Å². The number of ether oxygens (including phenoxy) is 1. The Kier molecular flexibility index (Phi) is 6.96. The molecular formula is C31H30FN7O3S. The second-order valence-electron chi connectivity index (χ2n) is 11.3. The maximum atomic E-state index is 14.5. The highest BCUT2D eigenvalue weighted by atomic mass is 32.1. The van der Waals surface area contributed by atoms with Crippen LogP contribution in [0.15, 0.2) is 53.9 Å². The number of para-hydroxylation sites is 1. The van der Waals surface area contributed by atoms with E-state index in [4.69, 9.17) is 25.5 Å². The zero-order chi connectivity index (χ0) is 30.5. The molecule has 0 saturated heterocycles. The molecule has 0 saturated carbocycles. The fraction of sp³-hybridized carbons (Fsp3) is 0.290. The van der Waals surface area contributed by atoms with Gasteiger partial charge in [-0.05, 0) is 39.8 Å². The molecule has 6 rings (SSSR count). The standard InChI is InChI=1S/C31H30FN7O3S/c1-5-42-29(41)30(2,3)14-18-16-43-28(34-18)31(4)22-24(33)35-26(36-25(22)37-27(31)40)23-19-11-7-9-13-21(19)39(38-23)15-17-10-6-8-12-20(17)32/h6-13,16H,5,14-15H2,1-4H3,(H3,33,35,36,37,40)/t31-/m0/s1. The Hall–Kier alpha value is -4.71. The van der Waals surface area contributed by atoms with Crippen LogP contribution in [0.4, 0.5) is 16.0 Å². The lowest BCUT2D eigenvalue weighted by atomic mass is 9.85. The fourth-order valence-electron chi connectivity index (χ4n) is 5.39. The minimum atomic E-state index is -1.23. The van der Waals surface area contributed by atoms with Crippen LogP contribution in [0.5, 0.6) is 0 Å². The zero-order valence-corrected chi connectivity index (χ0v) is 25.0. The lowest BCUT2D eigenvalue weighted by Gasteiger charge is -2.22. The Morgan fingerprint density at radius 3 is 2.65 bits per heavy atom. The molecule has 10 nitrogen and oxygen atoms in total. The highest BCUT2D eigenvalue weighted by Crippen LogP contribution is 2.46. The van der Waals surface area contributed by atoms with Gasteiger partial charge in [-0.1, -0.05) is 36.4 Å². The van der Waals surface area contributed by atoms with Crippen LogP contribution in [0, 0.1) is 11.2 Å². The normalized spacial score (nSPS) is 16.3. The summed E-state index contributed by atoms with van der Waals surface area (Å²) in [5.41, 5.74) is 7.36. The Labute approximate surface area is 251 Å². The number of hydrogen-bond donors (Lipinski definition) is 2. The number of nitrogens with two attached hydrogens (primary N) is 1. The topological polar surface area (TPSA) is 138 Å². The third-order valence-electron chi connectivity index (χ3n) is 7.70. The maximum absolute atomic E-state index is 14.5. The number of carbonyl (C=O) groups is 2. The van der Waals surface area contributed by atoms with Crippen molar-refractivity contribution in [1.82, 2.24) is 24.7 Å². The molecule has 0 radical (unpaired) electrons. The van der Waals surface area contributed by atoms with E-state index < -0.39 is 10.8 Å². The molecule has 5 aromatic rings. The summed E-state index contributed by atoms with van der Waals surface area (Å²) in [6.45, 7) is 7.62. The number of nitrogens with zero attached hydrogens (tertiary/aromatic N) is 5. The van der Waals surface area contributed by atoms with Gasteiger partial charge < -0.3 is 15.8 Å².